The quantitative estimate of drug-likeness (QED) is 0.779. The maximum atomic E-state index is 13.6. The van der Waals surface area contributed by atoms with Gasteiger partial charge in [-0.3, -0.25) is 0 Å². The number of aliphatic hydroxyl groups is 1. The second-order valence-corrected chi connectivity index (χ2v) is 5.40. The highest BCUT2D eigenvalue weighted by Gasteiger charge is 2.17. The molecule has 0 fully saturated rings. The Kier molecular flexibility index (Phi) is 6.11. The Morgan fingerprint density at radius 2 is 2.21 bits per heavy atom. The molecule has 6 heteroatoms. The molecule has 106 valence electrons. The van der Waals surface area contributed by atoms with Gasteiger partial charge in [0, 0.05) is 11.3 Å². The first-order valence-electron chi connectivity index (χ1n) is 5.95. The van der Waals surface area contributed by atoms with Crippen LogP contribution < -0.4 is 10.6 Å². The third kappa shape index (κ3) is 4.72. The summed E-state index contributed by atoms with van der Waals surface area (Å²) in [4.78, 5) is 11.7. The molecule has 0 aromatic heterocycles. The molecule has 0 aliphatic rings. The number of halogens is 1. The van der Waals surface area contributed by atoms with Crippen LogP contribution >= 0.6 is 11.8 Å². The Morgan fingerprint density at radius 1 is 1.53 bits per heavy atom. The molecule has 0 radical (unpaired) electrons. The number of benzene rings is 1. The van der Waals surface area contributed by atoms with Crippen molar-refractivity contribution in [3.63, 3.8) is 0 Å². The molecule has 0 aliphatic heterocycles. The number of rotatable bonds is 5. The van der Waals surface area contributed by atoms with E-state index in [1.165, 1.54) is 23.9 Å². The summed E-state index contributed by atoms with van der Waals surface area (Å²) in [5, 5.41) is 14.2. The summed E-state index contributed by atoms with van der Waals surface area (Å²) in [6.07, 6.45) is 1.86. The number of thioether (sulfide) groups is 1. The van der Waals surface area contributed by atoms with E-state index in [9.17, 15) is 9.18 Å². The number of aryl methyl sites for hydroxylation is 1. The summed E-state index contributed by atoms with van der Waals surface area (Å²) < 4.78 is 13.6. The van der Waals surface area contributed by atoms with Gasteiger partial charge in [0.2, 0.25) is 0 Å². The number of nitrogens with one attached hydrogen (secondary N) is 2. The largest absolute Gasteiger partial charge is 0.395 e. The first-order valence-corrected chi connectivity index (χ1v) is 7.24. The summed E-state index contributed by atoms with van der Waals surface area (Å²) in [5.41, 5.74) is 0.930. The fourth-order valence-electron chi connectivity index (χ4n) is 1.62. The molecule has 1 aromatic rings. The van der Waals surface area contributed by atoms with Gasteiger partial charge in [-0.15, -0.1) is 0 Å². The van der Waals surface area contributed by atoms with Crippen LogP contribution in [0.3, 0.4) is 0 Å². The first kappa shape index (κ1) is 15.8. The standard InChI is InChI=1S/C13H19FN2O2S/c1-8-4-5-11(10(14)6-8)16-13(18)15-9(2)12(7-17)19-3/h4-6,9,12,17H,7H2,1-3H3,(H2,15,16,18). The van der Waals surface area contributed by atoms with Crippen molar-refractivity contribution in [2.24, 2.45) is 0 Å². The van der Waals surface area contributed by atoms with Gasteiger partial charge in [-0.05, 0) is 37.8 Å². The molecule has 4 nitrogen and oxygen atoms in total. The van der Waals surface area contributed by atoms with Gasteiger partial charge in [-0.25, -0.2) is 9.18 Å². The number of hydrogen-bond acceptors (Lipinski definition) is 3. The van der Waals surface area contributed by atoms with Crippen molar-refractivity contribution in [1.29, 1.82) is 0 Å². The molecule has 0 saturated carbocycles. The molecule has 2 unspecified atom stereocenters. The van der Waals surface area contributed by atoms with Crippen LogP contribution in [0.25, 0.3) is 0 Å². The fraction of sp³-hybridized carbons (Fsp3) is 0.462. The van der Waals surface area contributed by atoms with Crippen molar-refractivity contribution in [2.45, 2.75) is 25.1 Å². The number of hydrogen-bond donors (Lipinski definition) is 3. The summed E-state index contributed by atoms with van der Waals surface area (Å²) in [5.74, 6) is -0.466. The fourth-order valence-corrected chi connectivity index (χ4v) is 2.24. The first-order chi connectivity index (χ1) is 8.97. The molecule has 0 bridgehead atoms. The van der Waals surface area contributed by atoms with Crippen molar-refractivity contribution in [1.82, 2.24) is 5.32 Å². The average molecular weight is 286 g/mol. The number of carbonyl (C=O) groups excluding carboxylic acids is 1. The number of carbonyl (C=O) groups is 1. The minimum atomic E-state index is -0.484. The van der Waals surface area contributed by atoms with Gasteiger partial charge < -0.3 is 15.7 Å². The third-order valence-corrected chi connectivity index (χ3v) is 3.93. The summed E-state index contributed by atoms with van der Waals surface area (Å²) in [7, 11) is 0. The molecule has 2 amide bonds. The Balaban J connectivity index is 2.60. The minimum absolute atomic E-state index is 0.0263. The zero-order chi connectivity index (χ0) is 14.4. The Hall–Kier alpha value is -1.27. The summed E-state index contributed by atoms with van der Waals surface area (Å²) in [6.45, 7) is 3.54. The maximum Gasteiger partial charge on any atom is 0.319 e. The lowest BCUT2D eigenvalue weighted by atomic mass is 10.2. The van der Waals surface area contributed by atoms with E-state index in [0.717, 1.165) is 5.56 Å². The van der Waals surface area contributed by atoms with Gasteiger partial charge in [0.05, 0.1) is 12.3 Å². The smallest absolute Gasteiger partial charge is 0.319 e. The Bertz CT molecular complexity index is 439. The van der Waals surface area contributed by atoms with E-state index in [-0.39, 0.29) is 23.6 Å². The van der Waals surface area contributed by atoms with E-state index in [1.807, 2.05) is 6.26 Å². The lowest BCUT2D eigenvalue weighted by molar-refractivity contribution is 0.243. The molecule has 1 aromatic carbocycles. The molecule has 0 saturated heterocycles. The molecular weight excluding hydrogens is 267 g/mol. The summed E-state index contributed by atoms with van der Waals surface area (Å²) >= 11 is 1.46. The third-order valence-electron chi connectivity index (χ3n) is 2.77. The summed E-state index contributed by atoms with van der Waals surface area (Å²) in [6, 6.07) is 3.90. The van der Waals surface area contributed by atoms with Gasteiger partial charge >= 0.3 is 6.03 Å². The van der Waals surface area contributed by atoms with Crippen LogP contribution in [-0.4, -0.2) is 35.3 Å². The lowest BCUT2D eigenvalue weighted by Gasteiger charge is -2.21. The SMILES string of the molecule is CSC(CO)C(C)NC(=O)Nc1ccc(C)cc1F. The normalized spacial score (nSPS) is 13.7. The monoisotopic (exact) mass is 286 g/mol. The van der Waals surface area contributed by atoms with Crippen LogP contribution in [0.5, 0.6) is 0 Å². The van der Waals surface area contributed by atoms with E-state index in [4.69, 9.17) is 5.11 Å². The maximum absolute atomic E-state index is 13.6. The van der Waals surface area contributed by atoms with Gasteiger partial charge in [-0.2, -0.15) is 11.8 Å². The van der Waals surface area contributed by atoms with Crippen LogP contribution in [0.4, 0.5) is 14.9 Å². The number of anilines is 1. The van der Waals surface area contributed by atoms with Crippen molar-refractivity contribution in [3.8, 4) is 0 Å². The number of aliphatic hydroxyl groups excluding tert-OH is 1. The van der Waals surface area contributed by atoms with Gasteiger partial charge in [0.15, 0.2) is 0 Å². The molecule has 0 heterocycles. The Morgan fingerprint density at radius 3 is 2.74 bits per heavy atom. The van der Waals surface area contributed by atoms with E-state index < -0.39 is 11.8 Å². The van der Waals surface area contributed by atoms with E-state index >= 15 is 0 Å². The Labute approximate surface area is 116 Å². The second-order valence-electron chi connectivity index (χ2n) is 4.33. The molecule has 0 spiro atoms. The molecule has 3 N–H and O–H groups in total. The van der Waals surface area contributed by atoms with E-state index in [1.54, 1.807) is 19.9 Å². The van der Waals surface area contributed by atoms with Crippen LogP contribution in [0.15, 0.2) is 18.2 Å². The predicted octanol–water partition coefficient (Wildman–Crippen LogP) is 2.37. The van der Waals surface area contributed by atoms with Crippen LogP contribution in [0, 0.1) is 12.7 Å². The molecule has 0 aliphatic carbocycles. The zero-order valence-electron chi connectivity index (χ0n) is 11.2. The van der Waals surface area contributed by atoms with Gasteiger partial charge in [0.1, 0.15) is 5.82 Å². The van der Waals surface area contributed by atoms with Gasteiger partial charge in [0.25, 0.3) is 0 Å². The molecular formula is C13H19FN2O2S. The van der Waals surface area contributed by atoms with Crippen molar-refractivity contribution >= 4 is 23.5 Å². The van der Waals surface area contributed by atoms with Crippen LogP contribution in [0.1, 0.15) is 12.5 Å². The van der Waals surface area contributed by atoms with E-state index in [0.29, 0.717) is 0 Å². The number of urea groups is 1. The highest BCUT2D eigenvalue weighted by Crippen LogP contribution is 2.15. The lowest BCUT2D eigenvalue weighted by Crippen LogP contribution is -2.43. The van der Waals surface area contributed by atoms with Crippen molar-refractivity contribution < 1.29 is 14.3 Å². The molecule has 1 rings (SSSR count). The predicted molar refractivity (Wildman–Crippen MR) is 77.1 cm³/mol. The van der Waals surface area contributed by atoms with E-state index in [2.05, 4.69) is 10.6 Å². The van der Waals surface area contributed by atoms with Crippen LogP contribution in [-0.2, 0) is 0 Å². The van der Waals surface area contributed by atoms with Crippen molar-refractivity contribution in [3.05, 3.63) is 29.6 Å². The highest BCUT2D eigenvalue weighted by atomic mass is 32.2. The van der Waals surface area contributed by atoms with Crippen molar-refractivity contribution in [2.75, 3.05) is 18.2 Å². The topological polar surface area (TPSA) is 61.4 Å². The second kappa shape index (κ2) is 7.35. The highest BCUT2D eigenvalue weighted by molar-refractivity contribution is 7.99. The number of amides is 2. The molecule has 19 heavy (non-hydrogen) atoms. The van der Waals surface area contributed by atoms with Crippen LogP contribution in [0.2, 0.25) is 0 Å². The van der Waals surface area contributed by atoms with Gasteiger partial charge in [-0.1, -0.05) is 6.07 Å². The average Bonchev–Trinajstić information content (AvgIpc) is 2.34. The minimum Gasteiger partial charge on any atom is -0.395 e. The molecule has 2 atom stereocenters. The zero-order valence-corrected chi connectivity index (χ0v) is 12.1.